The van der Waals surface area contributed by atoms with Crippen LogP contribution in [0.4, 0.5) is 9.59 Å². The molecule has 4 fully saturated rings. The number of hydrogen-bond donors (Lipinski definition) is 1. The number of carbonyl (C=O) groups is 4. The number of carboxylic acids is 1. The van der Waals surface area contributed by atoms with Crippen LogP contribution in [0.1, 0.15) is 134 Å². The van der Waals surface area contributed by atoms with E-state index in [4.69, 9.17) is 14.2 Å². The van der Waals surface area contributed by atoms with Crippen LogP contribution >= 0.6 is 0 Å². The number of rotatable bonds is 9. The number of ether oxygens (including phenoxy) is 3. The highest BCUT2D eigenvalue weighted by atomic mass is 16.6. The first-order valence-electron chi connectivity index (χ1n) is 21.9. The Balaban J connectivity index is 0.000000228. The summed E-state index contributed by atoms with van der Waals surface area (Å²) >= 11 is 0. The van der Waals surface area contributed by atoms with E-state index < -0.39 is 17.2 Å². The van der Waals surface area contributed by atoms with Gasteiger partial charge in [0.25, 0.3) is 0 Å². The first kappa shape index (κ1) is 46.8. The molecule has 0 bridgehead atoms. The van der Waals surface area contributed by atoms with Crippen molar-refractivity contribution in [2.45, 2.75) is 162 Å². The van der Waals surface area contributed by atoms with Crippen molar-refractivity contribution in [3.8, 4) is 0 Å². The zero-order valence-electron chi connectivity index (χ0n) is 37.7. The first-order valence-corrected chi connectivity index (χ1v) is 21.9. The van der Waals surface area contributed by atoms with E-state index in [1.54, 1.807) is 0 Å². The summed E-state index contributed by atoms with van der Waals surface area (Å²) < 4.78 is 16.2. The third kappa shape index (κ3) is 12.6. The predicted molar refractivity (Wildman–Crippen MR) is 228 cm³/mol. The van der Waals surface area contributed by atoms with Crippen LogP contribution in [0.3, 0.4) is 0 Å². The molecule has 14 heteroatoms. The largest absolute Gasteiger partial charge is 0.481 e. The Hall–Kier alpha value is -4.30. The minimum atomic E-state index is -0.855. The molecule has 332 valence electrons. The molecule has 0 atom stereocenters. The molecule has 0 saturated carbocycles. The standard InChI is InChI=1S/C24H37N3O4.C22H33N3O4/c1-6-30-21(28)16-20-19(9-8-18(2)25-20)17-27-13-7-10-24(27)11-14-26(15-12-24)22(29)31-23(3,4)5;1-16-6-7-17(18(23-16)14-19(26)27)15-25-11-5-8-22(25)9-12-24(13-10-22)20(28)29-21(2,3)4/h8-9H,6-7,10-17H2,1-5H3;6-7H,5,8-15H2,1-4H3,(H,26,27). The van der Waals surface area contributed by atoms with E-state index in [-0.39, 0.29) is 42.1 Å². The lowest BCUT2D eigenvalue weighted by Gasteiger charge is -2.45. The Kier molecular flexibility index (Phi) is 15.3. The van der Waals surface area contributed by atoms with Gasteiger partial charge in [-0.15, -0.1) is 0 Å². The zero-order chi connectivity index (χ0) is 43.9. The van der Waals surface area contributed by atoms with Crippen LogP contribution in [0, 0.1) is 13.8 Å². The molecular weight excluding hydrogens is 765 g/mol. The average Bonchev–Trinajstić information content (AvgIpc) is 3.72. The molecule has 0 aliphatic carbocycles. The Morgan fingerprint density at radius 3 is 1.40 bits per heavy atom. The van der Waals surface area contributed by atoms with Crippen LogP contribution in [-0.4, -0.2) is 127 Å². The normalized spacial score (nSPS) is 19.2. The van der Waals surface area contributed by atoms with Gasteiger partial charge in [0.05, 0.1) is 30.8 Å². The lowest BCUT2D eigenvalue weighted by atomic mass is 9.84. The minimum Gasteiger partial charge on any atom is -0.481 e. The first-order chi connectivity index (χ1) is 28.2. The van der Waals surface area contributed by atoms with E-state index >= 15 is 0 Å². The van der Waals surface area contributed by atoms with Gasteiger partial charge in [0.15, 0.2) is 0 Å². The molecule has 2 amide bonds. The Labute approximate surface area is 357 Å². The predicted octanol–water partition coefficient (Wildman–Crippen LogP) is 7.24. The van der Waals surface area contributed by atoms with Crippen molar-refractivity contribution in [1.29, 1.82) is 0 Å². The maximum absolute atomic E-state index is 12.5. The molecule has 4 aliphatic rings. The third-order valence-corrected chi connectivity index (χ3v) is 12.2. The van der Waals surface area contributed by atoms with E-state index in [2.05, 4.69) is 25.8 Å². The van der Waals surface area contributed by atoms with E-state index in [1.807, 2.05) is 90.3 Å². The number of hydrogen-bond acceptors (Lipinski definition) is 11. The number of amides is 2. The molecule has 0 radical (unpaired) electrons. The number of carbonyl (C=O) groups excluding carboxylic acids is 3. The Morgan fingerprint density at radius 1 is 0.633 bits per heavy atom. The van der Waals surface area contributed by atoms with Crippen LogP contribution in [0.15, 0.2) is 24.3 Å². The molecule has 14 nitrogen and oxygen atoms in total. The van der Waals surface area contributed by atoms with Crippen molar-refractivity contribution in [3.63, 3.8) is 0 Å². The quantitative estimate of drug-likeness (QED) is 0.200. The number of aromatic nitrogens is 2. The van der Waals surface area contributed by atoms with Gasteiger partial charge in [0, 0.05) is 61.7 Å². The Morgan fingerprint density at radius 2 is 1.03 bits per heavy atom. The fourth-order valence-electron chi connectivity index (χ4n) is 9.25. The minimum absolute atomic E-state index is 0.0513. The van der Waals surface area contributed by atoms with Gasteiger partial charge in [-0.3, -0.25) is 29.4 Å². The lowest BCUT2D eigenvalue weighted by Crippen LogP contribution is -2.53. The summed E-state index contributed by atoms with van der Waals surface area (Å²) in [7, 11) is 0. The third-order valence-electron chi connectivity index (χ3n) is 12.2. The van der Waals surface area contributed by atoms with Crippen molar-refractivity contribution >= 4 is 24.1 Å². The summed E-state index contributed by atoms with van der Waals surface area (Å²) in [4.78, 5) is 66.0. The molecule has 6 rings (SSSR count). The van der Waals surface area contributed by atoms with E-state index in [9.17, 15) is 24.3 Å². The number of aryl methyl sites for hydroxylation is 2. The van der Waals surface area contributed by atoms with Crippen LogP contribution < -0.4 is 0 Å². The van der Waals surface area contributed by atoms with Crippen LogP contribution in [0.5, 0.6) is 0 Å². The van der Waals surface area contributed by atoms with Gasteiger partial charge >= 0.3 is 24.1 Å². The number of pyridine rings is 2. The van der Waals surface area contributed by atoms with Crippen molar-refractivity contribution in [2.24, 2.45) is 0 Å². The van der Waals surface area contributed by atoms with Crippen LogP contribution in [0.2, 0.25) is 0 Å². The van der Waals surface area contributed by atoms with Crippen molar-refractivity contribution in [1.82, 2.24) is 29.6 Å². The molecule has 2 aromatic rings. The summed E-state index contributed by atoms with van der Waals surface area (Å²) in [6.07, 6.45) is 7.96. The second-order valence-electron chi connectivity index (χ2n) is 19.1. The second kappa shape index (κ2) is 19.6. The fourth-order valence-corrected chi connectivity index (χ4v) is 9.25. The summed E-state index contributed by atoms with van der Waals surface area (Å²) in [5.74, 6) is -1.09. The number of esters is 1. The molecule has 4 aliphatic heterocycles. The zero-order valence-corrected chi connectivity index (χ0v) is 37.7. The molecule has 2 aromatic heterocycles. The summed E-state index contributed by atoms with van der Waals surface area (Å²) in [5, 5.41) is 9.24. The average molecular weight is 835 g/mol. The number of likely N-dealkylation sites (tertiary alicyclic amines) is 4. The molecule has 1 N–H and O–H groups in total. The van der Waals surface area contributed by atoms with Crippen LogP contribution in [0.25, 0.3) is 0 Å². The maximum atomic E-state index is 12.5. The lowest BCUT2D eigenvalue weighted by molar-refractivity contribution is -0.142. The van der Waals surface area contributed by atoms with Crippen LogP contribution in [-0.2, 0) is 49.7 Å². The molecule has 4 saturated heterocycles. The monoisotopic (exact) mass is 835 g/mol. The highest BCUT2D eigenvalue weighted by Gasteiger charge is 2.46. The number of piperidine rings is 2. The fraction of sp³-hybridized carbons (Fsp3) is 0.696. The second-order valence-corrected chi connectivity index (χ2v) is 19.1. The highest BCUT2D eigenvalue weighted by molar-refractivity contribution is 5.72. The summed E-state index contributed by atoms with van der Waals surface area (Å²) in [5.41, 5.74) is 4.52. The van der Waals surface area contributed by atoms with Gasteiger partial charge in [-0.25, -0.2) is 9.59 Å². The van der Waals surface area contributed by atoms with Crippen molar-refractivity contribution in [2.75, 3.05) is 45.9 Å². The number of carboxylic acid groups (broad SMARTS) is 1. The maximum Gasteiger partial charge on any atom is 0.410 e. The van der Waals surface area contributed by atoms with Gasteiger partial charge < -0.3 is 29.1 Å². The SMILES string of the molecule is CCOC(=O)Cc1nc(C)ccc1CN1CCCC12CCN(C(=O)OC(C)(C)C)CC2.Cc1ccc(CN2CCCC23CCN(C(=O)OC(C)(C)C)CC3)c(CC(=O)O)n1. The molecule has 2 spiro atoms. The Bertz CT molecular complexity index is 1820. The van der Waals surface area contributed by atoms with Gasteiger partial charge in [-0.1, -0.05) is 12.1 Å². The smallest absolute Gasteiger partial charge is 0.410 e. The molecule has 0 unspecified atom stereocenters. The van der Waals surface area contributed by atoms with Gasteiger partial charge in [0.2, 0.25) is 0 Å². The van der Waals surface area contributed by atoms with E-state index in [0.717, 1.165) is 99.2 Å². The number of aliphatic carboxylic acids is 1. The van der Waals surface area contributed by atoms with Gasteiger partial charge in [-0.2, -0.15) is 0 Å². The summed E-state index contributed by atoms with van der Waals surface area (Å²) in [6.45, 7) is 23.7. The highest BCUT2D eigenvalue weighted by Crippen LogP contribution is 2.41. The van der Waals surface area contributed by atoms with Crippen molar-refractivity contribution < 1.29 is 38.5 Å². The van der Waals surface area contributed by atoms with E-state index in [1.165, 1.54) is 0 Å². The van der Waals surface area contributed by atoms with Gasteiger partial charge in [-0.05, 0) is 150 Å². The van der Waals surface area contributed by atoms with Crippen molar-refractivity contribution in [3.05, 3.63) is 58.2 Å². The summed E-state index contributed by atoms with van der Waals surface area (Å²) in [6, 6.07) is 8.08. The van der Waals surface area contributed by atoms with E-state index in [0.29, 0.717) is 45.0 Å². The molecular formula is C46H70N6O8. The number of nitrogens with zero attached hydrogens (tertiary/aromatic N) is 6. The topological polar surface area (TPSA) is 155 Å². The molecule has 60 heavy (non-hydrogen) atoms. The van der Waals surface area contributed by atoms with Gasteiger partial charge in [0.1, 0.15) is 11.2 Å². The molecule has 6 heterocycles. The molecule has 0 aromatic carbocycles.